The molecule has 0 atom stereocenters. The van der Waals surface area contributed by atoms with E-state index in [2.05, 4.69) is 26.6 Å². The molecule has 2 N–H and O–H groups in total. The van der Waals surface area contributed by atoms with E-state index < -0.39 is 5.82 Å². The van der Waals surface area contributed by atoms with Crippen LogP contribution in [0, 0.1) is 5.82 Å². The van der Waals surface area contributed by atoms with Crippen LogP contribution in [-0.2, 0) is 9.59 Å². The maximum absolute atomic E-state index is 13.1. The summed E-state index contributed by atoms with van der Waals surface area (Å²) in [6, 6.07) is 13.1. The summed E-state index contributed by atoms with van der Waals surface area (Å²) < 4.78 is 13.9. The summed E-state index contributed by atoms with van der Waals surface area (Å²) in [6.07, 6.45) is 0.204. The first-order valence-electron chi connectivity index (χ1n) is 7.72. The van der Waals surface area contributed by atoms with E-state index in [1.54, 1.807) is 24.1 Å². The van der Waals surface area contributed by atoms with Crippen molar-refractivity contribution in [3.63, 3.8) is 0 Å². The van der Waals surface area contributed by atoms with Crippen LogP contribution in [0.2, 0.25) is 0 Å². The monoisotopic (exact) mass is 407 g/mol. The van der Waals surface area contributed by atoms with Crippen LogP contribution >= 0.6 is 15.9 Å². The standard InChI is InChI=1S/C18H19BrFN3O2/c1-23(12-18(25)22-16-8-3-2-7-15(16)19)10-9-17(24)21-14-6-4-5-13(20)11-14/h2-8,11H,9-10,12H2,1H3,(H,21,24)(H,22,25). The zero-order chi connectivity index (χ0) is 18.2. The molecule has 0 unspecified atom stereocenters. The number of para-hydroxylation sites is 1. The molecule has 0 fully saturated rings. The molecule has 0 heterocycles. The van der Waals surface area contributed by atoms with E-state index in [4.69, 9.17) is 0 Å². The molecule has 2 aromatic rings. The Morgan fingerprint density at radius 3 is 2.56 bits per heavy atom. The van der Waals surface area contributed by atoms with Gasteiger partial charge in [-0.25, -0.2) is 4.39 Å². The lowest BCUT2D eigenvalue weighted by atomic mass is 10.3. The molecule has 0 aliphatic rings. The van der Waals surface area contributed by atoms with Gasteiger partial charge in [0.05, 0.1) is 12.2 Å². The molecule has 2 rings (SSSR count). The van der Waals surface area contributed by atoms with Crippen molar-refractivity contribution in [1.82, 2.24) is 4.90 Å². The Labute approximate surface area is 154 Å². The topological polar surface area (TPSA) is 61.4 Å². The summed E-state index contributed by atoms with van der Waals surface area (Å²) in [5, 5.41) is 5.43. The SMILES string of the molecule is CN(CCC(=O)Nc1cccc(F)c1)CC(=O)Nc1ccccc1Br. The molecule has 0 aliphatic carbocycles. The van der Waals surface area contributed by atoms with Crippen molar-refractivity contribution in [3.8, 4) is 0 Å². The molecular weight excluding hydrogens is 389 g/mol. The van der Waals surface area contributed by atoms with Gasteiger partial charge in [-0.2, -0.15) is 0 Å². The smallest absolute Gasteiger partial charge is 0.238 e. The average Bonchev–Trinajstić information content (AvgIpc) is 2.55. The van der Waals surface area contributed by atoms with Gasteiger partial charge in [0.2, 0.25) is 11.8 Å². The number of rotatable bonds is 7. The van der Waals surface area contributed by atoms with Gasteiger partial charge in [-0.1, -0.05) is 18.2 Å². The second-order valence-corrected chi connectivity index (χ2v) is 6.43. The van der Waals surface area contributed by atoms with Crippen molar-refractivity contribution >= 4 is 39.1 Å². The highest BCUT2D eigenvalue weighted by Crippen LogP contribution is 2.20. The minimum Gasteiger partial charge on any atom is -0.326 e. The zero-order valence-corrected chi connectivity index (χ0v) is 15.3. The molecule has 0 radical (unpaired) electrons. The van der Waals surface area contributed by atoms with Gasteiger partial charge >= 0.3 is 0 Å². The van der Waals surface area contributed by atoms with Gasteiger partial charge in [-0.05, 0) is 53.3 Å². The third kappa shape index (κ3) is 6.64. The van der Waals surface area contributed by atoms with E-state index in [-0.39, 0.29) is 24.8 Å². The Morgan fingerprint density at radius 2 is 1.84 bits per heavy atom. The van der Waals surface area contributed by atoms with Crippen LogP contribution in [-0.4, -0.2) is 36.9 Å². The quantitative estimate of drug-likeness (QED) is 0.738. The second kappa shape index (κ2) is 9.29. The number of amides is 2. The number of halogens is 2. The molecule has 0 saturated heterocycles. The molecule has 2 aromatic carbocycles. The van der Waals surface area contributed by atoms with Gasteiger partial charge in [0.25, 0.3) is 0 Å². The lowest BCUT2D eigenvalue weighted by Crippen LogP contribution is -2.32. The first-order chi connectivity index (χ1) is 11.9. The summed E-state index contributed by atoms with van der Waals surface area (Å²) in [5.74, 6) is -0.803. The minimum atomic E-state index is -0.404. The second-order valence-electron chi connectivity index (χ2n) is 5.57. The van der Waals surface area contributed by atoms with Crippen LogP contribution in [0.4, 0.5) is 15.8 Å². The fourth-order valence-corrected chi connectivity index (χ4v) is 2.54. The predicted octanol–water partition coefficient (Wildman–Crippen LogP) is 3.49. The van der Waals surface area contributed by atoms with E-state index in [0.717, 1.165) is 4.47 Å². The molecule has 7 heteroatoms. The van der Waals surface area contributed by atoms with Gasteiger partial charge in [0.1, 0.15) is 5.82 Å². The van der Waals surface area contributed by atoms with Crippen LogP contribution in [0.5, 0.6) is 0 Å². The lowest BCUT2D eigenvalue weighted by Gasteiger charge is -2.16. The van der Waals surface area contributed by atoms with E-state index in [9.17, 15) is 14.0 Å². The third-order valence-electron chi connectivity index (χ3n) is 3.39. The molecule has 0 aliphatic heterocycles. The Balaban J connectivity index is 1.74. The van der Waals surface area contributed by atoms with Crippen molar-refractivity contribution < 1.29 is 14.0 Å². The van der Waals surface area contributed by atoms with E-state index in [1.807, 2.05) is 18.2 Å². The Morgan fingerprint density at radius 1 is 1.08 bits per heavy atom. The normalized spacial score (nSPS) is 10.6. The molecule has 132 valence electrons. The lowest BCUT2D eigenvalue weighted by molar-refractivity contribution is -0.119. The predicted molar refractivity (Wildman–Crippen MR) is 99.9 cm³/mol. The van der Waals surface area contributed by atoms with Crippen LogP contribution < -0.4 is 10.6 Å². The van der Waals surface area contributed by atoms with Crippen LogP contribution in [0.1, 0.15) is 6.42 Å². The first kappa shape index (κ1) is 19.1. The van der Waals surface area contributed by atoms with Gasteiger partial charge in [0, 0.05) is 23.1 Å². The summed E-state index contributed by atoms with van der Waals surface area (Å²) in [5.41, 5.74) is 1.11. The number of benzene rings is 2. The average molecular weight is 408 g/mol. The first-order valence-corrected chi connectivity index (χ1v) is 8.51. The zero-order valence-electron chi connectivity index (χ0n) is 13.8. The van der Waals surface area contributed by atoms with Crippen molar-refractivity contribution in [2.75, 3.05) is 30.8 Å². The molecule has 5 nitrogen and oxygen atoms in total. The fraction of sp³-hybridized carbons (Fsp3) is 0.222. The highest BCUT2D eigenvalue weighted by molar-refractivity contribution is 9.10. The summed E-state index contributed by atoms with van der Waals surface area (Å²) >= 11 is 3.37. The number of carbonyl (C=O) groups is 2. The number of nitrogens with one attached hydrogen (secondary N) is 2. The Kier molecular flexibility index (Phi) is 7.09. The highest BCUT2D eigenvalue weighted by atomic mass is 79.9. The largest absolute Gasteiger partial charge is 0.326 e. The Hall–Kier alpha value is -2.25. The summed E-state index contributed by atoms with van der Waals surface area (Å²) in [7, 11) is 1.76. The van der Waals surface area contributed by atoms with Crippen molar-refractivity contribution in [3.05, 3.63) is 58.8 Å². The van der Waals surface area contributed by atoms with Gasteiger partial charge in [-0.3, -0.25) is 14.5 Å². The van der Waals surface area contributed by atoms with E-state index in [0.29, 0.717) is 17.9 Å². The number of hydrogen-bond donors (Lipinski definition) is 2. The van der Waals surface area contributed by atoms with Crippen LogP contribution in [0.15, 0.2) is 53.0 Å². The third-order valence-corrected chi connectivity index (χ3v) is 4.08. The summed E-state index contributed by atoms with van der Waals surface area (Å²) in [6.45, 7) is 0.569. The van der Waals surface area contributed by atoms with Gasteiger partial charge in [-0.15, -0.1) is 0 Å². The highest BCUT2D eigenvalue weighted by Gasteiger charge is 2.10. The molecule has 2 amide bonds. The molecular formula is C18H19BrFN3O2. The van der Waals surface area contributed by atoms with E-state index in [1.165, 1.54) is 18.2 Å². The molecule has 0 aromatic heterocycles. The minimum absolute atomic E-state index is 0.161. The maximum Gasteiger partial charge on any atom is 0.238 e. The molecule has 25 heavy (non-hydrogen) atoms. The number of carbonyl (C=O) groups excluding carboxylic acids is 2. The van der Waals surface area contributed by atoms with E-state index >= 15 is 0 Å². The fourth-order valence-electron chi connectivity index (χ4n) is 2.16. The van der Waals surface area contributed by atoms with Crippen molar-refractivity contribution in [2.45, 2.75) is 6.42 Å². The Bertz CT molecular complexity index is 755. The molecule has 0 bridgehead atoms. The van der Waals surface area contributed by atoms with Crippen molar-refractivity contribution in [1.29, 1.82) is 0 Å². The molecule has 0 saturated carbocycles. The van der Waals surface area contributed by atoms with Crippen LogP contribution in [0.3, 0.4) is 0 Å². The summed E-state index contributed by atoms with van der Waals surface area (Å²) in [4.78, 5) is 25.7. The number of nitrogens with zero attached hydrogens (tertiary/aromatic N) is 1. The maximum atomic E-state index is 13.1. The number of anilines is 2. The van der Waals surface area contributed by atoms with Gasteiger partial charge < -0.3 is 10.6 Å². The number of hydrogen-bond acceptors (Lipinski definition) is 3. The van der Waals surface area contributed by atoms with Gasteiger partial charge in [0.15, 0.2) is 0 Å². The van der Waals surface area contributed by atoms with Crippen LogP contribution in [0.25, 0.3) is 0 Å². The van der Waals surface area contributed by atoms with Crippen molar-refractivity contribution in [2.24, 2.45) is 0 Å². The number of likely N-dealkylation sites (N-methyl/N-ethyl adjacent to an activating group) is 1. The molecule has 0 spiro atoms.